The maximum atomic E-state index is 13.4. The molecule has 2 heterocycles. The monoisotopic (exact) mass is 431 g/mol. The molecule has 0 aliphatic carbocycles. The number of pyridine rings is 1. The molecule has 3 rings (SSSR count). The Morgan fingerprint density at radius 3 is 2.56 bits per heavy atom. The van der Waals surface area contributed by atoms with Crippen molar-refractivity contribution < 1.29 is 16.8 Å². The third kappa shape index (κ3) is 4.49. The molecule has 1 atom stereocenters. The first kappa shape index (κ1) is 21.8. The molecule has 148 valence electrons. The summed E-state index contributed by atoms with van der Waals surface area (Å²) in [5, 5.41) is 3.21. The molecule has 10 heteroatoms. The zero-order chi connectivity index (χ0) is 18.9. The lowest BCUT2D eigenvalue weighted by molar-refractivity contribution is 0.271. The summed E-state index contributed by atoms with van der Waals surface area (Å²) in [7, 11) is -7.38. The number of aryl methyl sites for hydroxylation is 1. The fourth-order valence-corrected chi connectivity index (χ4v) is 5.63. The minimum Gasteiger partial charge on any atom is -0.313 e. The minimum atomic E-state index is -3.87. The van der Waals surface area contributed by atoms with Crippen LogP contribution in [0.1, 0.15) is 17.2 Å². The third-order valence-electron chi connectivity index (χ3n) is 4.44. The van der Waals surface area contributed by atoms with Crippen LogP contribution < -0.4 is 5.32 Å². The number of sulfonamides is 1. The molecule has 0 saturated carbocycles. The second-order valence-electron chi connectivity index (χ2n) is 6.32. The lowest BCUT2D eigenvalue weighted by Gasteiger charge is -2.35. The number of sulfone groups is 1. The van der Waals surface area contributed by atoms with Gasteiger partial charge >= 0.3 is 0 Å². The standard InChI is InChI=1S/C17H21N3O4S2.ClH/c1-13-5-6-15(25(2,21)22)10-17(13)26(23,24)20-9-8-19-12-16(20)14-4-3-7-18-11-14;/h3-7,10-11,16,19H,8-9,12H2,1-2H3;1H. The van der Waals surface area contributed by atoms with E-state index in [0.717, 1.165) is 11.8 Å². The Labute approximate surface area is 166 Å². The van der Waals surface area contributed by atoms with Crippen LogP contribution in [0.5, 0.6) is 0 Å². The second-order valence-corrected chi connectivity index (χ2v) is 10.2. The molecule has 1 aliphatic heterocycles. The summed E-state index contributed by atoms with van der Waals surface area (Å²) in [6, 6.07) is 7.42. The molecule has 27 heavy (non-hydrogen) atoms. The Hall–Kier alpha value is -1.52. The Kier molecular flexibility index (Phi) is 6.64. The third-order valence-corrected chi connectivity index (χ3v) is 7.60. The van der Waals surface area contributed by atoms with Crippen molar-refractivity contribution >= 4 is 32.3 Å². The van der Waals surface area contributed by atoms with Gasteiger partial charge in [-0.3, -0.25) is 4.98 Å². The van der Waals surface area contributed by atoms with Crippen LogP contribution in [0.3, 0.4) is 0 Å². The molecule has 2 aromatic rings. The number of rotatable bonds is 4. The quantitative estimate of drug-likeness (QED) is 0.788. The highest BCUT2D eigenvalue weighted by Crippen LogP contribution is 2.31. The highest BCUT2D eigenvalue weighted by Gasteiger charge is 2.35. The zero-order valence-corrected chi connectivity index (χ0v) is 17.4. The molecule has 1 aromatic carbocycles. The Morgan fingerprint density at radius 1 is 1.19 bits per heavy atom. The van der Waals surface area contributed by atoms with Gasteiger partial charge in [-0.05, 0) is 36.2 Å². The molecule has 1 fully saturated rings. The first-order valence-electron chi connectivity index (χ1n) is 8.14. The van der Waals surface area contributed by atoms with Gasteiger partial charge in [0.05, 0.1) is 15.8 Å². The summed E-state index contributed by atoms with van der Waals surface area (Å²) in [5.41, 5.74) is 1.31. The van der Waals surface area contributed by atoms with Gasteiger partial charge in [0.1, 0.15) is 0 Å². The van der Waals surface area contributed by atoms with Gasteiger partial charge in [-0.1, -0.05) is 12.1 Å². The summed E-state index contributed by atoms with van der Waals surface area (Å²) in [4.78, 5) is 4.10. The minimum absolute atomic E-state index is 0. The van der Waals surface area contributed by atoms with Crippen molar-refractivity contribution in [2.75, 3.05) is 25.9 Å². The lowest BCUT2D eigenvalue weighted by atomic mass is 10.1. The first-order chi connectivity index (χ1) is 12.2. The van der Waals surface area contributed by atoms with Gasteiger partial charge in [-0.15, -0.1) is 12.4 Å². The van der Waals surface area contributed by atoms with Crippen molar-refractivity contribution in [1.82, 2.24) is 14.6 Å². The van der Waals surface area contributed by atoms with Crippen LogP contribution in [0.25, 0.3) is 0 Å². The van der Waals surface area contributed by atoms with Crippen molar-refractivity contribution in [3.8, 4) is 0 Å². The number of piperazine rings is 1. The highest BCUT2D eigenvalue weighted by molar-refractivity contribution is 7.91. The number of nitrogens with zero attached hydrogens (tertiary/aromatic N) is 2. The van der Waals surface area contributed by atoms with E-state index in [1.165, 1.54) is 22.5 Å². The molecule has 1 aromatic heterocycles. The number of nitrogens with one attached hydrogen (secondary N) is 1. The maximum Gasteiger partial charge on any atom is 0.244 e. The molecule has 1 N–H and O–H groups in total. The lowest BCUT2D eigenvalue weighted by Crippen LogP contribution is -2.48. The zero-order valence-electron chi connectivity index (χ0n) is 15.0. The van der Waals surface area contributed by atoms with Crippen molar-refractivity contribution in [2.45, 2.75) is 22.8 Å². The smallest absolute Gasteiger partial charge is 0.244 e. The number of hydrogen-bond acceptors (Lipinski definition) is 6. The predicted molar refractivity (Wildman–Crippen MR) is 105 cm³/mol. The molecular formula is C17H22ClN3O4S2. The van der Waals surface area contributed by atoms with Gasteiger partial charge < -0.3 is 5.32 Å². The summed E-state index contributed by atoms with van der Waals surface area (Å²) in [5.74, 6) is 0. The maximum absolute atomic E-state index is 13.4. The Balaban J connectivity index is 0.00000261. The van der Waals surface area contributed by atoms with Crippen LogP contribution in [0.2, 0.25) is 0 Å². The van der Waals surface area contributed by atoms with Crippen molar-refractivity contribution in [3.05, 3.63) is 53.9 Å². The molecule has 0 radical (unpaired) electrons. The summed E-state index contributed by atoms with van der Waals surface area (Å²) >= 11 is 0. The topological polar surface area (TPSA) is 96.4 Å². The first-order valence-corrected chi connectivity index (χ1v) is 11.5. The van der Waals surface area contributed by atoms with Gasteiger partial charge in [-0.2, -0.15) is 4.31 Å². The number of halogens is 1. The molecule has 1 unspecified atom stereocenters. The number of hydrogen-bond donors (Lipinski definition) is 1. The molecule has 0 bridgehead atoms. The Bertz CT molecular complexity index is 1010. The van der Waals surface area contributed by atoms with Crippen LogP contribution in [0, 0.1) is 6.92 Å². The summed E-state index contributed by atoms with van der Waals surface area (Å²) < 4.78 is 51.9. The van der Waals surface area contributed by atoms with Gasteiger partial charge in [0.15, 0.2) is 9.84 Å². The number of aromatic nitrogens is 1. The molecule has 1 saturated heterocycles. The van der Waals surface area contributed by atoms with E-state index in [0.29, 0.717) is 25.2 Å². The van der Waals surface area contributed by atoms with E-state index in [1.807, 2.05) is 6.07 Å². The average Bonchev–Trinajstić information content (AvgIpc) is 2.61. The van der Waals surface area contributed by atoms with E-state index < -0.39 is 25.9 Å². The molecule has 1 aliphatic rings. The van der Waals surface area contributed by atoms with E-state index in [4.69, 9.17) is 0 Å². The van der Waals surface area contributed by atoms with Crippen LogP contribution in [0.4, 0.5) is 0 Å². The van der Waals surface area contributed by atoms with Crippen LogP contribution in [-0.2, 0) is 19.9 Å². The average molecular weight is 432 g/mol. The molecular weight excluding hydrogens is 410 g/mol. The van der Waals surface area contributed by atoms with E-state index in [-0.39, 0.29) is 22.2 Å². The molecule has 0 amide bonds. The Morgan fingerprint density at radius 2 is 1.93 bits per heavy atom. The van der Waals surface area contributed by atoms with Crippen molar-refractivity contribution in [3.63, 3.8) is 0 Å². The van der Waals surface area contributed by atoms with Gasteiger partial charge in [0, 0.05) is 38.3 Å². The van der Waals surface area contributed by atoms with E-state index in [2.05, 4.69) is 10.3 Å². The molecule has 0 spiro atoms. The van der Waals surface area contributed by atoms with E-state index in [9.17, 15) is 16.8 Å². The van der Waals surface area contributed by atoms with Crippen LogP contribution in [0.15, 0.2) is 52.5 Å². The molecule has 7 nitrogen and oxygen atoms in total. The van der Waals surface area contributed by atoms with Gasteiger partial charge in [0.2, 0.25) is 10.0 Å². The van der Waals surface area contributed by atoms with E-state index >= 15 is 0 Å². The van der Waals surface area contributed by atoms with Crippen LogP contribution >= 0.6 is 12.4 Å². The van der Waals surface area contributed by atoms with Crippen LogP contribution in [-0.4, -0.2) is 52.0 Å². The fourth-order valence-electron chi connectivity index (χ4n) is 3.05. The summed E-state index contributed by atoms with van der Waals surface area (Å²) in [6.07, 6.45) is 4.36. The largest absolute Gasteiger partial charge is 0.313 e. The van der Waals surface area contributed by atoms with E-state index in [1.54, 1.807) is 25.4 Å². The van der Waals surface area contributed by atoms with Crippen molar-refractivity contribution in [1.29, 1.82) is 0 Å². The number of benzene rings is 1. The second kappa shape index (κ2) is 8.24. The fraction of sp³-hybridized carbons (Fsp3) is 0.353. The SMILES string of the molecule is Cc1ccc(S(C)(=O)=O)cc1S(=O)(=O)N1CCNCC1c1cccnc1.Cl. The van der Waals surface area contributed by atoms with Gasteiger partial charge in [0.25, 0.3) is 0 Å². The highest BCUT2D eigenvalue weighted by atomic mass is 35.5. The predicted octanol–water partition coefficient (Wildman–Crippen LogP) is 1.55. The normalized spacial score (nSPS) is 18.7. The van der Waals surface area contributed by atoms with Crippen molar-refractivity contribution in [2.24, 2.45) is 0 Å². The van der Waals surface area contributed by atoms with Gasteiger partial charge in [-0.25, -0.2) is 16.8 Å². The summed E-state index contributed by atoms with van der Waals surface area (Å²) in [6.45, 7) is 2.96.